The Morgan fingerprint density at radius 1 is 1.04 bits per heavy atom. The molecule has 1 fully saturated rings. The van der Waals surface area contributed by atoms with Gasteiger partial charge in [-0.3, -0.25) is 19.4 Å². The molecule has 0 spiro atoms. The number of nitrogens with zero attached hydrogens (tertiary/aromatic N) is 2. The molecule has 0 radical (unpaired) electrons. The van der Waals surface area contributed by atoms with Crippen LogP contribution in [0, 0.1) is 6.92 Å². The van der Waals surface area contributed by atoms with E-state index in [1.165, 1.54) is 11.1 Å². The molecule has 0 N–H and O–H groups in total. The summed E-state index contributed by atoms with van der Waals surface area (Å²) in [6.07, 6.45) is 2.12. The second kappa shape index (κ2) is 6.63. The summed E-state index contributed by atoms with van der Waals surface area (Å²) >= 11 is 0. The zero-order valence-electron chi connectivity index (χ0n) is 15.8. The van der Waals surface area contributed by atoms with E-state index in [-0.39, 0.29) is 6.04 Å². The van der Waals surface area contributed by atoms with Crippen LogP contribution < -0.4 is 14.4 Å². The van der Waals surface area contributed by atoms with Gasteiger partial charge in [-0.25, -0.2) is 0 Å². The fraction of sp³-hybridized carbons (Fsp3) is 0.364. The van der Waals surface area contributed by atoms with E-state index in [9.17, 15) is 9.59 Å². The first-order valence-corrected chi connectivity index (χ1v) is 9.72. The Balaban J connectivity index is 1.45. The summed E-state index contributed by atoms with van der Waals surface area (Å²) in [5, 5.41) is 0. The second-order valence-electron chi connectivity index (χ2n) is 7.60. The molecule has 1 amide bonds. The van der Waals surface area contributed by atoms with E-state index < -0.39 is 11.7 Å². The van der Waals surface area contributed by atoms with E-state index >= 15 is 0 Å². The number of anilines is 1. The van der Waals surface area contributed by atoms with Gasteiger partial charge >= 0.3 is 5.91 Å². The number of aryl methyl sites for hydroxylation is 1. The molecule has 28 heavy (non-hydrogen) atoms. The smallest absolute Gasteiger partial charge is 0.300 e. The number of amides is 1. The molecule has 1 atom stereocenters. The lowest BCUT2D eigenvalue weighted by molar-refractivity contribution is -0.114. The molecular formula is C22H22N2O4. The maximum Gasteiger partial charge on any atom is 0.300 e. The Hall–Kier alpha value is -2.86. The fourth-order valence-corrected chi connectivity index (χ4v) is 4.31. The van der Waals surface area contributed by atoms with Crippen LogP contribution in [-0.4, -0.2) is 43.0 Å². The molecule has 2 aromatic rings. The van der Waals surface area contributed by atoms with Gasteiger partial charge in [-0.15, -0.1) is 0 Å². The summed E-state index contributed by atoms with van der Waals surface area (Å²) in [5.74, 6) is 0.172. The van der Waals surface area contributed by atoms with Crippen molar-refractivity contribution in [2.75, 3.05) is 31.3 Å². The average Bonchev–Trinajstić information content (AvgIpc) is 3.26. The van der Waals surface area contributed by atoms with Gasteiger partial charge < -0.3 is 9.47 Å². The van der Waals surface area contributed by atoms with Gasteiger partial charge in [0.15, 0.2) is 11.5 Å². The van der Waals surface area contributed by atoms with Crippen LogP contribution in [0.15, 0.2) is 36.4 Å². The highest BCUT2D eigenvalue weighted by Gasteiger charge is 2.40. The van der Waals surface area contributed by atoms with Crippen molar-refractivity contribution in [3.8, 4) is 11.5 Å². The molecule has 1 saturated heterocycles. The molecule has 3 aliphatic rings. The average molecular weight is 378 g/mol. The number of hydrogen-bond donors (Lipinski definition) is 0. The summed E-state index contributed by atoms with van der Waals surface area (Å²) in [5.41, 5.74) is 3.51. The molecule has 0 aliphatic carbocycles. The standard InChI is InChI=1S/C22H22N2O4/c1-14-4-6-15(7-5-14)17-3-2-8-23(17)13-24-18-12-20-19(27-9-10-28-20)11-16(18)21(25)22(24)26/h4-7,11-12,17H,2-3,8-10,13H2,1H3. The van der Waals surface area contributed by atoms with Crippen LogP contribution in [0.2, 0.25) is 0 Å². The topological polar surface area (TPSA) is 59.1 Å². The Bertz CT molecular complexity index is 954. The molecule has 6 nitrogen and oxygen atoms in total. The maximum atomic E-state index is 12.7. The van der Waals surface area contributed by atoms with E-state index in [0.29, 0.717) is 42.6 Å². The van der Waals surface area contributed by atoms with Crippen molar-refractivity contribution in [1.29, 1.82) is 0 Å². The van der Waals surface area contributed by atoms with Crippen molar-refractivity contribution < 1.29 is 19.1 Å². The third kappa shape index (κ3) is 2.76. The van der Waals surface area contributed by atoms with E-state index in [1.807, 2.05) is 0 Å². The monoisotopic (exact) mass is 378 g/mol. The molecule has 0 aromatic heterocycles. The Kier molecular flexibility index (Phi) is 4.09. The first-order valence-electron chi connectivity index (χ1n) is 9.72. The van der Waals surface area contributed by atoms with Crippen molar-refractivity contribution in [3.63, 3.8) is 0 Å². The Morgan fingerprint density at radius 2 is 1.75 bits per heavy atom. The van der Waals surface area contributed by atoms with Crippen LogP contribution in [0.25, 0.3) is 0 Å². The normalized spacial score (nSPS) is 21.3. The summed E-state index contributed by atoms with van der Waals surface area (Å²) in [6.45, 7) is 4.29. The summed E-state index contributed by atoms with van der Waals surface area (Å²) in [4.78, 5) is 29.1. The number of fused-ring (bicyclic) bond motifs is 2. The lowest BCUT2D eigenvalue weighted by atomic mass is 10.0. The lowest BCUT2D eigenvalue weighted by Crippen LogP contribution is -2.40. The lowest BCUT2D eigenvalue weighted by Gasteiger charge is -2.30. The van der Waals surface area contributed by atoms with Gasteiger partial charge in [-0.1, -0.05) is 29.8 Å². The molecule has 5 rings (SSSR count). The van der Waals surface area contributed by atoms with Crippen molar-refractivity contribution in [2.45, 2.75) is 25.8 Å². The zero-order valence-corrected chi connectivity index (χ0v) is 15.8. The molecule has 0 bridgehead atoms. The quantitative estimate of drug-likeness (QED) is 0.768. The van der Waals surface area contributed by atoms with E-state index in [1.54, 1.807) is 17.0 Å². The van der Waals surface area contributed by atoms with Gasteiger partial charge in [0.05, 0.1) is 17.9 Å². The summed E-state index contributed by atoms with van der Waals surface area (Å²) in [7, 11) is 0. The van der Waals surface area contributed by atoms with Gasteiger partial charge in [-0.05, 0) is 31.4 Å². The SMILES string of the molecule is Cc1ccc(C2CCCN2CN2C(=O)C(=O)c3cc4c(cc32)OCCO4)cc1. The number of ketones is 1. The van der Waals surface area contributed by atoms with Crippen LogP contribution in [-0.2, 0) is 4.79 Å². The van der Waals surface area contributed by atoms with Crippen molar-refractivity contribution in [3.05, 3.63) is 53.1 Å². The Morgan fingerprint density at radius 3 is 2.50 bits per heavy atom. The summed E-state index contributed by atoms with van der Waals surface area (Å²) < 4.78 is 11.2. The number of likely N-dealkylation sites (tertiary alicyclic amines) is 1. The highest BCUT2D eigenvalue weighted by atomic mass is 16.6. The van der Waals surface area contributed by atoms with Crippen LogP contribution in [0.3, 0.4) is 0 Å². The number of carbonyl (C=O) groups is 2. The van der Waals surface area contributed by atoms with Crippen molar-refractivity contribution >= 4 is 17.4 Å². The third-order valence-corrected chi connectivity index (χ3v) is 5.78. The molecular weight excluding hydrogens is 356 g/mol. The predicted octanol–water partition coefficient (Wildman–Crippen LogP) is 3.09. The number of carbonyl (C=O) groups excluding carboxylic acids is 2. The van der Waals surface area contributed by atoms with E-state index in [2.05, 4.69) is 36.1 Å². The van der Waals surface area contributed by atoms with Gasteiger partial charge in [0.2, 0.25) is 0 Å². The van der Waals surface area contributed by atoms with Gasteiger partial charge in [0, 0.05) is 18.7 Å². The minimum absolute atomic E-state index is 0.254. The summed E-state index contributed by atoms with van der Waals surface area (Å²) in [6, 6.07) is 12.2. The van der Waals surface area contributed by atoms with Crippen LogP contribution in [0.5, 0.6) is 11.5 Å². The third-order valence-electron chi connectivity index (χ3n) is 5.78. The largest absolute Gasteiger partial charge is 0.486 e. The van der Waals surface area contributed by atoms with E-state index in [4.69, 9.17) is 9.47 Å². The number of rotatable bonds is 3. The Labute approximate surface area is 163 Å². The van der Waals surface area contributed by atoms with Gasteiger partial charge in [0.1, 0.15) is 13.2 Å². The molecule has 0 saturated carbocycles. The minimum atomic E-state index is -0.480. The zero-order chi connectivity index (χ0) is 19.3. The molecule has 6 heteroatoms. The molecule has 1 unspecified atom stereocenters. The molecule has 3 heterocycles. The maximum absolute atomic E-state index is 12.7. The number of hydrogen-bond acceptors (Lipinski definition) is 5. The first-order chi connectivity index (χ1) is 13.6. The van der Waals surface area contributed by atoms with Crippen molar-refractivity contribution in [1.82, 2.24) is 4.90 Å². The van der Waals surface area contributed by atoms with Gasteiger partial charge in [-0.2, -0.15) is 0 Å². The highest BCUT2D eigenvalue weighted by Crippen LogP contribution is 2.41. The highest BCUT2D eigenvalue weighted by molar-refractivity contribution is 6.52. The van der Waals surface area contributed by atoms with Gasteiger partial charge in [0.25, 0.3) is 5.78 Å². The second-order valence-corrected chi connectivity index (χ2v) is 7.60. The molecule has 144 valence electrons. The van der Waals surface area contributed by atoms with Crippen LogP contribution in [0.1, 0.15) is 40.4 Å². The first kappa shape index (κ1) is 17.3. The number of ether oxygens (including phenoxy) is 2. The van der Waals surface area contributed by atoms with E-state index in [0.717, 1.165) is 19.4 Å². The predicted molar refractivity (Wildman–Crippen MR) is 104 cm³/mol. The van der Waals surface area contributed by atoms with Crippen LogP contribution >= 0.6 is 0 Å². The fourth-order valence-electron chi connectivity index (χ4n) is 4.31. The minimum Gasteiger partial charge on any atom is -0.486 e. The number of benzene rings is 2. The van der Waals surface area contributed by atoms with Crippen LogP contribution in [0.4, 0.5) is 5.69 Å². The number of Topliss-reactive ketones (excluding diaryl/α,β-unsaturated/α-hetero) is 1. The molecule has 2 aromatic carbocycles. The van der Waals surface area contributed by atoms with Crippen molar-refractivity contribution in [2.24, 2.45) is 0 Å². The molecule has 3 aliphatic heterocycles.